The lowest BCUT2D eigenvalue weighted by atomic mass is 10.3. The topological polar surface area (TPSA) is 56.3 Å². The lowest BCUT2D eigenvalue weighted by Gasteiger charge is -2.20. The second kappa shape index (κ2) is 6.24. The van der Waals surface area contributed by atoms with Crippen molar-refractivity contribution in [3.8, 4) is 5.75 Å². The van der Waals surface area contributed by atoms with Gasteiger partial charge < -0.3 is 15.0 Å². The molecule has 20 heavy (non-hydrogen) atoms. The van der Waals surface area contributed by atoms with Crippen LogP contribution in [-0.4, -0.2) is 41.7 Å². The van der Waals surface area contributed by atoms with E-state index < -0.39 is 0 Å². The van der Waals surface area contributed by atoms with E-state index in [1.54, 1.807) is 0 Å². The molecular formula is C15H24N4O. The number of hydrogen-bond acceptors (Lipinski definition) is 4. The Balaban J connectivity index is 2.53. The number of nitrogens with two attached hydrogens (primary N) is 1. The molecule has 0 amide bonds. The third-order valence-electron chi connectivity index (χ3n) is 3.56. The number of imidazole rings is 1. The van der Waals surface area contributed by atoms with Crippen LogP contribution in [-0.2, 0) is 6.54 Å². The van der Waals surface area contributed by atoms with Crippen LogP contribution in [0.25, 0.3) is 11.0 Å². The highest BCUT2D eigenvalue weighted by Gasteiger charge is 2.18. The van der Waals surface area contributed by atoms with Gasteiger partial charge >= 0.3 is 0 Å². The Morgan fingerprint density at radius 3 is 2.75 bits per heavy atom. The van der Waals surface area contributed by atoms with Gasteiger partial charge in [-0.25, -0.2) is 4.98 Å². The minimum atomic E-state index is 0.240. The molecule has 1 atom stereocenters. The van der Waals surface area contributed by atoms with Crippen molar-refractivity contribution in [1.82, 2.24) is 14.5 Å². The Hall–Kier alpha value is -1.59. The summed E-state index contributed by atoms with van der Waals surface area (Å²) in [4.78, 5) is 6.93. The number of ether oxygens (including phenoxy) is 1. The largest absolute Gasteiger partial charge is 0.494 e. The minimum Gasteiger partial charge on any atom is -0.494 e. The summed E-state index contributed by atoms with van der Waals surface area (Å²) in [5, 5.41) is 0. The summed E-state index contributed by atoms with van der Waals surface area (Å²) in [6.07, 6.45) is 0. The Morgan fingerprint density at radius 2 is 2.15 bits per heavy atom. The maximum atomic E-state index is 5.75. The lowest BCUT2D eigenvalue weighted by molar-refractivity contribution is 0.302. The second-order valence-corrected chi connectivity index (χ2v) is 5.13. The van der Waals surface area contributed by atoms with Gasteiger partial charge in [-0.3, -0.25) is 4.90 Å². The van der Waals surface area contributed by atoms with E-state index in [4.69, 9.17) is 15.5 Å². The zero-order valence-corrected chi connectivity index (χ0v) is 12.8. The summed E-state index contributed by atoms with van der Waals surface area (Å²) < 4.78 is 7.75. The van der Waals surface area contributed by atoms with Crippen LogP contribution >= 0.6 is 0 Å². The van der Waals surface area contributed by atoms with Gasteiger partial charge in [0.15, 0.2) is 0 Å². The summed E-state index contributed by atoms with van der Waals surface area (Å²) in [6, 6.07) is 6.29. The van der Waals surface area contributed by atoms with Crippen LogP contribution in [0.2, 0.25) is 0 Å². The Morgan fingerprint density at radius 1 is 1.40 bits per heavy atom. The average Bonchev–Trinajstić information content (AvgIpc) is 2.77. The Bertz CT molecular complexity index is 577. The van der Waals surface area contributed by atoms with Gasteiger partial charge in [0.1, 0.15) is 11.6 Å². The minimum absolute atomic E-state index is 0.240. The van der Waals surface area contributed by atoms with Crippen molar-refractivity contribution in [3.05, 3.63) is 24.0 Å². The highest BCUT2D eigenvalue weighted by molar-refractivity contribution is 5.78. The first-order valence-corrected chi connectivity index (χ1v) is 7.08. The first-order valence-electron chi connectivity index (χ1n) is 7.08. The summed E-state index contributed by atoms with van der Waals surface area (Å²) in [6.45, 7) is 6.17. The highest BCUT2D eigenvalue weighted by Crippen LogP contribution is 2.26. The quantitative estimate of drug-likeness (QED) is 0.877. The molecule has 0 aliphatic rings. The van der Waals surface area contributed by atoms with E-state index in [-0.39, 0.29) is 6.04 Å². The van der Waals surface area contributed by atoms with Crippen LogP contribution < -0.4 is 10.5 Å². The predicted molar refractivity (Wildman–Crippen MR) is 82.1 cm³/mol. The average molecular weight is 276 g/mol. The van der Waals surface area contributed by atoms with Gasteiger partial charge in [-0.15, -0.1) is 0 Å². The van der Waals surface area contributed by atoms with Crippen LogP contribution in [0.15, 0.2) is 18.2 Å². The lowest BCUT2D eigenvalue weighted by Crippen LogP contribution is -2.22. The van der Waals surface area contributed by atoms with E-state index in [0.717, 1.165) is 29.2 Å². The van der Waals surface area contributed by atoms with Gasteiger partial charge in [0, 0.05) is 19.2 Å². The fourth-order valence-corrected chi connectivity index (χ4v) is 2.30. The Labute approximate surface area is 120 Å². The molecule has 0 radical (unpaired) electrons. The molecule has 1 aromatic heterocycles. The van der Waals surface area contributed by atoms with E-state index >= 15 is 0 Å². The van der Waals surface area contributed by atoms with E-state index in [0.29, 0.717) is 13.2 Å². The number of hydrogen-bond donors (Lipinski definition) is 1. The fraction of sp³-hybridized carbons (Fsp3) is 0.533. The molecule has 0 saturated heterocycles. The highest BCUT2D eigenvalue weighted by atomic mass is 16.5. The van der Waals surface area contributed by atoms with Gasteiger partial charge in [-0.1, -0.05) is 0 Å². The zero-order valence-electron chi connectivity index (χ0n) is 12.8. The molecule has 110 valence electrons. The molecule has 0 bridgehead atoms. The maximum absolute atomic E-state index is 5.75. The molecular weight excluding hydrogens is 252 g/mol. The fourth-order valence-electron chi connectivity index (χ4n) is 2.30. The van der Waals surface area contributed by atoms with Crippen molar-refractivity contribution in [2.45, 2.75) is 26.4 Å². The maximum Gasteiger partial charge on any atom is 0.127 e. The number of fused-ring (bicyclic) bond motifs is 1. The van der Waals surface area contributed by atoms with E-state index in [2.05, 4.69) is 36.6 Å². The summed E-state index contributed by atoms with van der Waals surface area (Å²) in [5.74, 6) is 1.91. The SMILES string of the molecule is CCOc1ccc2c(c1)nc(C(C)N(C)C)n2CCN. The molecule has 0 spiro atoms. The van der Waals surface area contributed by atoms with Crippen molar-refractivity contribution < 1.29 is 4.74 Å². The monoisotopic (exact) mass is 276 g/mol. The molecule has 0 aliphatic heterocycles. The molecule has 0 aliphatic carbocycles. The van der Waals surface area contributed by atoms with Crippen molar-refractivity contribution in [2.24, 2.45) is 5.73 Å². The number of aromatic nitrogens is 2. The first kappa shape index (κ1) is 14.8. The molecule has 2 N–H and O–H groups in total. The smallest absolute Gasteiger partial charge is 0.127 e. The van der Waals surface area contributed by atoms with E-state index in [9.17, 15) is 0 Å². The first-order chi connectivity index (χ1) is 9.58. The normalized spacial score (nSPS) is 13.1. The van der Waals surface area contributed by atoms with Crippen molar-refractivity contribution in [2.75, 3.05) is 27.2 Å². The molecule has 5 nitrogen and oxygen atoms in total. The van der Waals surface area contributed by atoms with Crippen LogP contribution in [0, 0.1) is 0 Å². The summed E-state index contributed by atoms with van der Waals surface area (Å²) >= 11 is 0. The van der Waals surface area contributed by atoms with Gasteiger partial charge in [-0.2, -0.15) is 0 Å². The van der Waals surface area contributed by atoms with Gasteiger partial charge in [0.2, 0.25) is 0 Å². The van der Waals surface area contributed by atoms with Crippen molar-refractivity contribution >= 4 is 11.0 Å². The third-order valence-corrected chi connectivity index (χ3v) is 3.56. The van der Waals surface area contributed by atoms with Crippen LogP contribution in [0.4, 0.5) is 0 Å². The molecule has 1 aromatic carbocycles. The molecule has 0 saturated carbocycles. The second-order valence-electron chi connectivity index (χ2n) is 5.13. The van der Waals surface area contributed by atoms with Gasteiger partial charge in [0.05, 0.1) is 23.7 Å². The van der Waals surface area contributed by atoms with Crippen molar-refractivity contribution in [3.63, 3.8) is 0 Å². The summed E-state index contributed by atoms with van der Waals surface area (Å²) in [5.41, 5.74) is 7.83. The molecule has 1 heterocycles. The van der Waals surface area contributed by atoms with Gasteiger partial charge in [-0.05, 0) is 40.1 Å². The molecule has 1 unspecified atom stereocenters. The number of benzene rings is 1. The number of nitrogens with zero attached hydrogens (tertiary/aromatic N) is 3. The summed E-state index contributed by atoms with van der Waals surface area (Å²) in [7, 11) is 4.12. The predicted octanol–water partition coefficient (Wildman–Crippen LogP) is 2.02. The third kappa shape index (κ3) is 2.78. The van der Waals surface area contributed by atoms with E-state index in [1.165, 1.54) is 0 Å². The molecule has 0 fully saturated rings. The molecule has 5 heteroatoms. The van der Waals surface area contributed by atoms with Gasteiger partial charge in [0.25, 0.3) is 0 Å². The van der Waals surface area contributed by atoms with Crippen LogP contribution in [0.3, 0.4) is 0 Å². The standard InChI is InChI=1S/C15H24N4O/c1-5-20-12-6-7-14-13(10-12)17-15(11(2)18(3)4)19(14)9-8-16/h6-7,10-11H,5,8-9,16H2,1-4H3. The van der Waals surface area contributed by atoms with Crippen LogP contribution in [0.5, 0.6) is 5.75 Å². The zero-order chi connectivity index (χ0) is 14.7. The van der Waals surface area contributed by atoms with Crippen LogP contribution in [0.1, 0.15) is 25.7 Å². The van der Waals surface area contributed by atoms with Crippen molar-refractivity contribution in [1.29, 1.82) is 0 Å². The molecule has 2 rings (SSSR count). The Kier molecular flexibility index (Phi) is 4.62. The van der Waals surface area contributed by atoms with E-state index in [1.807, 2.05) is 19.1 Å². The number of rotatable bonds is 6. The molecule has 2 aromatic rings.